The Labute approximate surface area is 122 Å². The molecule has 0 spiro atoms. The van der Waals surface area contributed by atoms with Crippen molar-refractivity contribution < 1.29 is 14.3 Å². The fourth-order valence-corrected chi connectivity index (χ4v) is 3.78. The molecule has 2 unspecified atom stereocenters. The fourth-order valence-electron chi connectivity index (χ4n) is 3.78. The second-order valence-electron chi connectivity index (χ2n) is 6.29. The van der Waals surface area contributed by atoms with Gasteiger partial charge in [0.1, 0.15) is 5.54 Å². The van der Waals surface area contributed by atoms with E-state index >= 15 is 0 Å². The zero-order valence-corrected chi connectivity index (χ0v) is 13.1. The normalized spacial score (nSPS) is 39.5. The van der Waals surface area contributed by atoms with Crippen molar-refractivity contribution in [3.8, 4) is 0 Å². The molecule has 1 saturated heterocycles. The molecular formula is C15H28N2O3. The summed E-state index contributed by atoms with van der Waals surface area (Å²) < 4.78 is 10.8. The van der Waals surface area contributed by atoms with Crippen molar-refractivity contribution in [1.82, 2.24) is 10.2 Å². The molecule has 0 radical (unpaired) electrons. The third-order valence-electron chi connectivity index (χ3n) is 4.74. The smallest absolute Gasteiger partial charge is 0.326 e. The molecular weight excluding hydrogens is 256 g/mol. The largest absolute Gasteiger partial charge is 0.468 e. The molecule has 20 heavy (non-hydrogen) atoms. The highest BCUT2D eigenvalue weighted by Crippen LogP contribution is 2.33. The van der Waals surface area contributed by atoms with Gasteiger partial charge in [0, 0.05) is 19.1 Å². The number of hydrogen-bond donors (Lipinski definition) is 1. The molecule has 0 aromatic carbocycles. The van der Waals surface area contributed by atoms with Gasteiger partial charge in [0.25, 0.3) is 0 Å². The summed E-state index contributed by atoms with van der Waals surface area (Å²) in [5.74, 6) is -0.126. The Hall–Kier alpha value is -0.650. The average Bonchev–Trinajstić information content (AvgIpc) is 2.45. The van der Waals surface area contributed by atoms with Gasteiger partial charge in [0.2, 0.25) is 0 Å². The number of nitrogens with one attached hydrogen (secondary N) is 1. The Bertz CT molecular complexity index is 340. The molecule has 2 fully saturated rings. The zero-order chi connectivity index (χ0) is 14.8. The highest BCUT2D eigenvalue weighted by Gasteiger charge is 2.44. The maximum Gasteiger partial charge on any atom is 0.326 e. The number of carbonyl (C=O) groups excluding carboxylic acids is 1. The Morgan fingerprint density at radius 3 is 2.55 bits per heavy atom. The number of morpholine rings is 1. The van der Waals surface area contributed by atoms with Gasteiger partial charge in [-0.25, -0.2) is 0 Å². The van der Waals surface area contributed by atoms with Crippen LogP contribution in [-0.4, -0.2) is 61.9 Å². The second-order valence-corrected chi connectivity index (χ2v) is 6.29. The molecule has 1 heterocycles. The lowest BCUT2D eigenvalue weighted by Gasteiger charge is -2.46. The lowest BCUT2D eigenvalue weighted by atomic mass is 9.78. The number of methoxy groups -OCH3 is 1. The summed E-state index contributed by atoms with van der Waals surface area (Å²) in [4.78, 5) is 14.6. The summed E-state index contributed by atoms with van der Waals surface area (Å²) in [6.07, 6.45) is 4.43. The Morgan fingerprint density at radius 1 is 1.35 bits per heavy atom. The predicted molar refractivity (Wildman–Crippen MR) is 77.6 cm³/mol. The predicted octanol–water partition coefficient (Wildman–Crippen LogP) is 1.17. The van der Waals surface area contributed by atoms with Gasteiger partial charge >= 0.3 is 5.97 Å². The summed E-state index contributed by atoms with van der Waals surface area (Å²) in [7, 11) is 3.34. The number of carbonyl (C=O) groups is 1. The third-order valence-corrected chi connectivity index (χ3v) is 4.74. The highest BCUT2D eigenvalue weighted by molar-refractivity contribution is 5.81. The molecule has 0 aromatic rings. The molecule has 0 amide bonds. The van der Waals surface area contributed by atoms with Gasteiger partial charge < -0.3 is 14.8 Å². The molecule has 116 valence electrons. The van der Waals surface area contributed by atoms with E-state index in [9.17, 15) is 4.79 Å². The number of rotatable bonds is 3. The number of ether oxygens (including phenoxy) is 2. The van der Waals surface area contributed by atoms with Crippen LogP contribution in [0.25, 0.3) is 0 Å². The first kappa shape index (κ1) is 15.7. The van der Waals surface area contributed by atoms with Gasteiger partial charge in [-0.3, -0.25) is 9.69 Å². The quantitative estimate of drug-likeness (QED) is 0.789. The number of likely N-dealkylation sites (N-methyl/N-ethyl adjacent to an activating group) is 1. The van der Waals surface area contributed by atoms with E-state index in [4.69, 9.17) is 9.47 Å². The summed E-state index contributed by atoms with van der Waals surface area (Å²) in [5.41, 5.74) is -0.511. The van der Waals surface area contributed by atoms with Gasteiger partial charge in [-0.2, -0.15) is 0 Å². The van der Waals surface area contributed by atoms with Gasteiger partial charge in [-0.05, 0) is 46.6 Å². The van der Waals surface area contributed by atoms with Crippen LogP contribution in [0.1, 0.15) is 39.5 Å². The lowest BCUT2D eigenvalue weighted by Crippen LogP contribution is -2.60. The van der Waals surface area contributed by atoms with E-state index in [-0.39, 0.29) is 18.2 Å². The number of nitrogens with zero attached hydrogens (tertiary/aromatic N) is 1. The number of hydrogen-bond acceptors (Lipinski definition) is 5. The molecule has 2 rings (SSSR count). The minimum atomic E-state index is -0.511. The fraction of sp³-hybridized carbons (Fsp3) is 0.933. The van der Waals surface area contributed by atoms with Crippen LogP contribution in [0.2, 0.25) is 0 Å². The van der Waals surface area contributed by atoms with Crippen LogP contribution in [-0.2, 0) is 14.3 Å². The molecule has 5 heteroatoms. The molecule has 1 N–H and O–H groups in total. The minimum absolute atomic E-state index is 0.126. The molecule has 0 aromatic heterocycles. The molecule has 4 atom stereocenters. The van der Waals surface area contributed by atoms with Crippen LogP contribution >= 0.6 is 0 Å². The van der Waals surface area contributed by atoms with E-state index in [1.165, 1.54) is 7.11 Å². The Morgan fingerprint density at radius 2 is 2.00 bits per heavy atom. The van der Waals surface area contributed by atoms with E-state index < -0.39 is 5.54 Å². The van der Waals surface area contributed by atoms with Crippen LogP contribution in [0, 0.1) is 0 Å². The first-order valence-corrected chi connectivity index (χ1v) is 7.67. The third kappa shape index (κ3) is 3.15. The van der Waals surface area contributed by atoms with Gasteiger partial charge in [-0.1, -0.05) is 0 Å². The van der Waals surface area contributed by atoms with Crippen molar-refractivity contribution in [2.75, 3.05) is 27.2 Å². The summed E-state index contributed by atoms with van der Waals surface area (Å²) in [6, 6.07) is 0.434. The minimum Gasteiger partial charge on any atom is -0.468 e. The maximum absolute atomic E-state index is 12.1. The molecule has 2 aliphatic rings. The van der Waals surface area contributed by atoms with Crippen LogP contribution in [0.4, 0.5) is 0 Å². The molecule has 1 aliphatic carbocycles. The van der Waals surface area contributed by atoms with E-state index in [2.05, 4.69) is 24.1 Å². The average molecular weight is 284 g/mol. The van der Waals surface area contributed by atoms with Gasteiger partial charge in [0.05, 0.1) is 19.3 Å². The Balaban J connectivity index is 2.07. The second kappa shape index (κ2) is 6.41. The maximum atomic E-state index is 12.1. The monoisotopic (exact) mass is 284 g/mol. The van der Waals surface area contributed by atoms with Gasteiger partial charge in [-0.15, -0.1) is 0 Å². The SMILES string of the molecule is CNC1(C(=O)OC)CCCC(N2C[C@@H](C)O[C@@H](C)C2)C1. The van der Waals surface area contributed by atoms with Crippen LogP contribution in [0.15, 0.2) is 0 Å². The lowest BCUT2D eigenvalue weighted by molar-refractivity contribution is -0.152. The number of esters is 1. The summed E-state index contributed by atoms with van der Waals surface area (Å²) >= 11 is 0. The standard InChI is InChI=1S/C15H28N2O3/c1-11-9-17(10-12(2)20-11)13-6-5-7-15(8-13,16-3)14(18)19-4/h11-13,16H,5-10H2,1-4H3/t11-,12+,13?,15?. The van der Waals surface area contributed by atoms with E-state index in [1.54, 1.807) is 0 Å². The highest BCUT2D eigenvalue weighted by atomic mass is 16.5. The van der Waals surface area contributed by atoms with E-state index in [0.717, 1.165) is 38.8 Å². The van der Waals surface area contributed by atoms with E-state index in [0.29, 0.717) is 6.04 Å². The van der Waals surface area contributed by atoms with Gasteiger partial charge in [0.15, 0.2) is 0 Å². The first-order valence-electron chi connectivity index (χ1n) is 7.67. The zero-order valence-electron chi connectivity index (χ0n) is 13.1. The molecule has 0 bridgehead atoms. The van der Waals surface area contributed by atoms with Crippen molar-refractivity contribution in [2.45, 2.75) is 63.3 Å². The van der Waals surface area contributed by atoms with Crippen LogP contribution in [0.3, 0.4) is 0 Å². The summed E-state index contributed by atoms with van der Waals surface area (Å²) in [6.45, 7) is 6.15. The topological polar surface area (TPSA) is 50.8 Å². The first-order chi connectivity index (χ1) is 9.50. The summed E-state index contributed by atoms with van der Waals surface area (Å²) in [5, 5.41) is 3.23. The molecule has 5 nitrogen and oxygen atoms in total. The molecule has 1 aliphatic heterocycles. The van der Waals surface area contributed by atoms with Crippen LogP contribution < -0.4 is 5.32 Å². The van der Waals surface area contributed by atoms with E-state index in [1.807, 2.05) is 7.05 Å². The van der Waals surface area contributed by atoms with Crippen molar-refractivity contribution in [3.05, 3.63) is 0 Å². The molecule has 1 saturated carbocycles. The van der Waals surface area contributed by atoms with Crippen LogP contribution in [0.5, 0.6) is 0 Å². The van der Waals surface area contributed by atoms with Crippen molar-refractivity contribution in [3.63, 3.8) is 0 Å². The Kier molecular flexibility index (Phi) is 5.04. The van der Waals surface area contributed by atoms with Crippen molar-refractivity contribution in [2.24, 2.45) is 0 Å². The van der Waals surface area contributed by atoms with Crippen molar-refractivity contribution >= 4 is 5.97 Å². The van der Waals surface area contributed by atoms with Crippen molar-refractivity contribution in [1.29, 1.82) is 0 Å².